The maximum Gasteiger partial charge on any atom is 0.214 e. The Bertz CT molecular complexity index is 514. The zero-order valence-corrected chi connectivity index (χ0v) is 13.5. The summed E-state index contributed by atoms with van der Waals surface area (Å²) in [5.74, 6) is 0.987. The highest BCUT2D eigenvalue weighted by molar-refractivity contribution is 7.99. The van der Waals surface area contributed by atoms with Crippen LogP contribution in [-0.2, 0) is 0 Å². The molecule has 0 aliphatic heterocycles. The van der Waals surface area contributed by atoms with Crippen molar-refractivity contribution in [3.8, 4) is 5.69 Å². The predicted molar refractivity (Wildman–Crippen MR) is 86.9 cm³/mol. The highest BCUT2D eigenvalue weighted by atomic mass is 32.2. The van der Waals surface area contributed by atoms with Gasteiger partial charge in [0, 0.05) is 11.8 Å². The number of para-hydroxylation sites is 1. The fourth-order valence-corrected chi connectivity index (χ4v) is 3.11. The molecule has 1 N–H and O–H groups in total. The number of aromatic nitrogens is 4. The molecule has 0 fully saturated rings. The van der Waals surface area contributed by atoms with Crippen molar-refractivity contribution in [3.05, 3.63) is 30.3 Å². The number of thioether (sulfide) groups is 1. The van der Waals surface area contributed by atoms with E-state index in [9.17, 15) is 0 Å². The first kappa shape index (κ1) is 16.0. The quantitative estimate of drug-likeness (QED) is 0.722. The summed E-state index contributed by atoms with van der Waals surface area (Å²) in [7, 11) is 0. The Morgan fingerprint density at radius 1 is 1.19 bits per heavy atom. The second kappa shape index (κ2) is 8.79. The third kappa shape index (κ3) is 4.82. The Morgan fingerprint density at radius 3 is 2.71 bits per heavy atom. The Hall–Kier alpha value is -1.40. The summed E-state index contributed by atoms with van der Waals surface area (Å²) in [5.41, 5.74) is 0.999. The highest BCUT2D eigenvalue weighted by Crippen LogP contribution is 2.19. The van der Waals surface area contributed by atoms with Gasteiger partial charge in [-0.25, -0.2) is 0 Å². The van der Waals surface area contributed by atoms with Crippen LogP contribution in [-0.4, -0.2) is 38.5 Å². The van der Waals surface area contributed by atoms with Gasteiger partial charge in [-0.1, -0.05) is 50.2 Å². The third-order valence-electron chi connectivity index (χ3n) is 3.18. The van der Waals surface area contributed by atoms with Gasteiger partial charge >= 0.3 is 0 Å². The van der Waals surface area contributed by atoms with Crippen molar-refractivity contribution in [1.29, 1.82) is 0 Å². The summed E-state index contributed by atoms with van der Waals surface area (Å²) in [5, 5.41) is 16.5. The monoisotopic (exact) mass is 305 g/mol. The lowest BCUT2D eigenvalue weighted by atomic mass is 10.2. The Balaban J connectivity index is 1.98. The molecule has 0 bridgehead atoms. The van der Waals surface area contributed by atoms with Crippen LogP contribution in [0.25, 0.3) is 5.69 Å². The molecule has 2 aromatic rings. The Morgan fingerprint density at radius 2 is 2.00 bits per heavy atom. The minimum atomic E-state index is 0.515. The van der Waals surface area contributed by atoms with Crippen molar-refractivity contribution in [2.75, 3.05) is 12.3 Å². The van der Waals surface area contributed by atoms with E-state index >= 15 is 0 Å². The molecule has 6 heteroatoms. The molecule has 1 heterocycles. The zero-order valence-electron chi connectivity index (χ0n) is 12.7. The number of rotatable bonds is 9. The summed E-state index contributed by atoms with van der Waals surface area (Å²) in [6.07, 6.45) is 3.53. The fraction of sp³-hybridized carbons (Fsp3) is 0.533. The molecule has 0 aliphatic carbocycles. The zero-order chi connectivity index (χ0) is 14.9. The van der Waals surface area contributed by atoms with Crippen LogP contribution in [0.15, 0.2) is 35.5 Å². The summed E-state index contributed by atoms with van der Waals surface area (Å²) in [6, 6.07) is 10.5. The van der Waals surface area contributed by atoms with E-state index in [1.165, 1.54) is 12.8 Å². The van der Waals surface area contributed by atoms with Crippen LogP contribution in [0.5, 0.6) is 0 Å². The van der Waals surface area contributed by atoms with Crippen LogP contribution < -0.4 is 5.32 Å². The van der Waals surface area contributed by atoms with Gasteiger partial charge in [0.05, 0.1) is 5.69 Å². The molecule has 114 valence electrons. The van der Waals surface area contributed by atoms with Gasteiger partial charge in [0.2, 0.25) is 5.16 Å². The van der Waals surface area contributed by atoms with E-state index in [4.69, 9.17) is 0 Å². The van der Waals surface area contributed by atoms with E-state index in [-0.39, 0.29) is 0 Å². The average molecular weight is 305 g/mol. The second-order valence-corrected chi connectivity index (χ2v) is 5.95. The molecule has 0 spiro atoms. The minimum absolute atomic E-state index is 0.515. The van der Waals surface area contributed by atoms with E-state index in [0.29, 0.717) is 6.04 Å². The number of nitrogens with zero attached hydrogens (tertiary/aromatic N) is 4. The first-order chi connectivity index (χ1) is 10.3. The predicted octanol–water partition coefficient (Wildman–Crippen LogP) is 2.92. The van der Waals surface area contributed by atoms with Crippen molar-refractivity contribution in [1.82, 2.24) is 25.5 Å². The minimum Gasteiger partial charge on any atom is -0.313 e. The standard InChI is InChI=1S/C15H23N5S/c1-3-8-13(16-11-4-2)12-21-15-17-18-19-20(15)14-9-6-5-7-10-14/h5-7,9-10,13,16H,3-4,8,11-12H2,1-2H3. The van der Waals surface area contributed by atoms with E-state index in [1.54, 1.807) is 16.4 Å². The molecule has 1 aromatic heterocycles. The second-order valence-electron chi connectivity index (χ2n) is 4.96. The molecule has 1 unspecified atom stereocenters. The van der Waals surface area contributed by atoms with Gasteiger partial charge in [0.1, 0.15) is 0 Å². The van der Waals surface area contributed by atoms with Crippen LogP contribution >= 0.6 is 11.8 Å². The van der Waals surface area contributed by atoms with Crippen molar-refractivity contribution in [2.45, 2.75) is 44.3 Å². The van der Waals surface area contributed by atoms with E-state index in [0.717, 1.165) is 29.6 Å². The molecular formula is C15H23N5S. The molecule has 0 saturated heterocycles. The highest BCUT2D eigenvalue weighted by Gasteiger charge is 2.12. The van der Waals surface area contributed by atoms with E-state index < -0.39 is 0 Å². The number of tetrazole rings is 1. The summed E-state index contributed by atoms with van der Waals surface area (Å²) >= 11 is 1.71. The lowest BCUT2D eigenvalue weighted by molar-refractivity contribution is 0.514. The first-order valence-corrected chi connectivity index (χ1v) is 8.53. The van der Waals surface area contributed by atoms with Gasteiger partial charge in [-0.15, -0.1) is 5.10 Å². The maximum atomic E-state index is 4.14. The van der Waals surface area contributed by atoms with Gasteiger partial charge in [0.25, 0.3) is 0 Å². The molecule has 1 atom stereocenters. The van der Waals surface area contributed by atoms with Gasteiger partial charge < -0.3 is 5.32 Å². The summed E-state index contributed by atoms with van der Waals surface area (Å²) in [6.45, 7) is 5.48. The molecule has 21 heavy (non-hydrogen) atoms. The van der Waals surface area contributed by atoms with Crippen LogP contribution in [0.4, 0.5) is 0 Å². The lowest BCUT2D eigenvalue weighted by Gasteiger charge is -2.16. The van der Waals surface area contributed by atoms with E-state index in [1.807, 2.05) is 30.3 Å². The Kier molecular flexibility index (Phi) is 6.69. The molecule has 2 rings (SSSR count). The van der Waals surface area contributed by atoms with Crippen LogP contribution in [0, 0.1) is 0 Å². The fourth-order valence-electron chi connectivity index (χ4n) is 2.12. The van der Waals surface area contributed by atoms with Crippen LogP contribution in [0.2, 0.25) is 0 Å². The number of hydrogen-bond acceptors (Lipinski definition) is 5. The SMILES string of the molecule is CCCNC(CCC)CSc1nnnn1-c1ccccc1. The number of hydrogen-bond donors (Lipinski definition) is 1. The summed E-state index contributed by atoms with van der Waals surface area (Å²) < 4.78 is 1.80. The normalized spacial score (nSPS) is 12.5. The van der Waals surface area contributed by atoms with Gasteiger partial charge in [-0.2, -0.15) is 4.68 Å². The van der Waals surface area contributed by atoms with Crippen molar-refractivity contribution in [2.24, 2.45) is 0 Å². The molecule has 0 radical (unpaired) electrons. The maximum absolute atomic E-state index is 4.14. The Labute approximate surface area is 130 Å². The third-order valence-corrected chi connectivity index (χ3v) is 4.26. The van der Waals surface area contributed by atoms with Crippen LogP contribution in [0.3, 0.4) is 0 Å². The summed E-state index contributed by atoms with van der Waals surface area (Å²) in [4.78, 5) is 0. The van der Waals surface area contributed by atoms with Gasteiger partial charge in [-0.05, 0) is 41.9 Å². The van der Waals surface area contributed by atoms with Gasteiger partial charge in [-0.3, -0.25) is 0 Å². The molecule has 0 amide bonds. The van der Waals surface area contributed by atoms with Crippen LogP contribution in [0.1, 0.15) is 33.1 Å². The average Bonchev–Trinajstić information content (AvgIpc) is 2.99. The van der Waals surface area contributed by atoms with E-state index in [2.05, 4.69) is 34.7 Å². The van der Waals surface area contributed by atoms with Crippen molar-refractivity contribution in [3.63, 3.8) is 0 Å². The largest absolute Gasteiger partial charge is 0.313 e. The molecular weight excluding hydrogens is 282 g/mol. The topological polar surface area (TPSA) is 55.6 Å². The molecule has 0 aliphatic rings. The van der Waals surface area contributed by atoms with Crippen molar-refractivity contribution >= 4 is 11.8 Å². The first-order valence-electron chi connectivity index (χ1n) is 7.55. The molecule has 5 nitrogen and oxygen atoms in total. The van der Waals surface area contributed by atoms with Gasteiger partial charge in [0.15, 0.2) is 0 Å². The molecule has 1 aromatic carbocycles. The smallest absolute Gasteiger partial charge is 0.214 e. The number of benzene rings is 1. The number of nitrogens with one attached hydrogen (secondary N) is 1. The van der Waals surface area contributed by atoms with Crippen molar-refractivity contribution < 1.29 is 0 Å². The lowest BCUT2D eigenvalue weighted by Crippen LogP contribution is -2.31. The molecule has 0 saturated carbocycles.